The maximum Gasteiger partial charge on any atom is 0.176 e. The van der Waals surface area contributed by atoms with Gasteiger partial charge in [-0.25, -0.2) is 0 Å². The van der Waals surface area contributed by atoms with E-state index in [0.29, 0.717) is 6.54 Å². The number of likely N-dealkylation sites (N-methyl/N-ethyl adjacent to an activating group) is 1. The van der Waals surface area contributed by atoms with Gasteiger partial charge in [0.25, 0.3) is 0 Å². The van der Waals surface area contributed by atoms with Gasteiger partial charge in [0.15, 0.2) is 5.78 Å². The number of phenols is 1. The fourth-order valence-electron chi connectivity index (χ4n) is 3.36. The molecular weight excluding hydrogens is 401 g/mol. The van der Waals surface area contributed by atoms with E-state index in [2.05, 4.69) is 27.9 Å². The van der Waals surface area contributed by atoms with Crippen molar-refractivity contribution >= 4 is 28.4 Å². The van der Waals surface area contributed by atoms with Gasteiger partial charge in [0.2, 0.25) is 0 Å². The monoisotopic (exact) mass is 421 g/mol. The van der Waals surface area contributed by atoms with Crippen LogP contribution in [0, 0.1) is 0 Å². The van der Waals surface area contributed by atoms with Crippen molar-refractivity contribution in [1.82, 2.24) is 5.32 Å². The van der Waals surface area contributed by atoms with Crippen LogP contribution in [0.25, 0.3) is 0 Å². The van der Waals surface area contributed by atoms with Crippen molar-refractivity contribution in [1.29, 1.82) is 0 Å². The first-order valence-electron chi connectivity index (χ1n) is 7.86. The Labute approximate surface area is 150 Å². The van der Waals surface area contributed by atoms with Crippen LogP contribution in [0.1, 0.15) is 28.4 Å². The van der Waals surface area contributed by atoms with Gasteiger partial charge in [0.05, 0.1) is 5.41 Å². The first-order valence-corrected chi connectivity index (χ1v) is 9.11. The van der Waals surface area contributed by atoms with Gasteiger partial charge in [-0.15, -0.1) is 0 Å². The molecule has 0 fully saturated rings. The van der Waals surface area contributed by atoms with Crippen molar-refractivity contribution in [3.05, 3.63) is 65.2 Å². The van der Waals surface area contributed by atoms with Crippen LogP contribution in [-0.4, -0.2) is 27.9 Å². The Bertz CT molecular complexity index is 714. The molecule has 0 amide bonds. The molecule has 0 saturated carbocycles. The summed E-state index contributed by atoms with van der Waals surface area (Å²) in [4.78, 5) is 13.4. The number of Topliss-reactive ketones (excluding diaryl/α,β-unsaturated/α-hetero) is 1. The fourth-order valence-corrected chi connectivity index (χ4v) is 4.69. The number of alkyl halides is 1. The molecule has 0 saturated heterocycles. The number of carbonyl (C=O) groups is 1. The molecule has 0 spiro atoms. The number of hydrogen-bond donors (Lipinski definition) is 2. The van der Waals surface area contributed by atoms with Gasteiger partial charge >= 0.3 is 0 Å². The third-order valence-corrected chi connectivity index (χ3v) is 6.14. The Morgan fingerprint density at radius 2 is 1.91 bits per heavy atom. The van der Waals surface area contributed by atoms with Crippen molar-refractivity contribution in [2.45, 2.75) is 22.7 Å². The van der Waals surface area contributed by atoms with Crippen LogP contribution in [0.15, 0.2) is 48.5 Å². The molecule has 1 aliphatic rings. The van der Waals surface area contributed by atoms with Crippen LogP contribution in [0.2, 0.25) is 0 Å². The number of nitrogens with one attached hydrogen (secondary N) is 1. The predicted octanol–water partition coefficient (Wildman–Crippen LogP) is 3.48. The minimum atomic E-state index is -0.599. The van der Waals surface area contributed by atoms with Crippen molar-refractivity contribution in [2.24, 2.45) is 0 Å². The average molecular weight is 421 g/mol. The quantitative estimate of drug-likeness (QED) is 0.587. The Hall–Kier alpha value is -1.40. The molecule has 0 radical (unpaired) electrons. The SMILES string of the molecule is CCNCC1(c2ccc(O)cc2)C(=O)c2ccccc2CC1I. The van der Waals surface area contributed by atoms with E-state index in [1.165, 1.54) is 0 Å². The number of phenolic OH excluding ortho intramolecular Hbond substituents is 1. The molecule has 4 heteroatoms. The molecule has 3 rings (SSSR count). The van der Waals surface area contributed by atoms with Crippen LogP contribution in [0.3, 0.4) is 0 Å². The fraction of sp³-hybridized carbons (Fsp3) is 0.316. The topological polar surface area (TPSA) is 49.3 Å². The highest BCUT2D eigenvalue weighted by Crippen LogP contribution is 2.42. The maximum atomic E-state index is 13.4. The molecule has 3 nitrogen and oxygen atoms in total. The summed E-state index contributed by atoms with van der Waals surface area (Å²) in [7, 11) is 0. The van der Waals surface area contributed by atoms with Gasteiger partial charge in [-0.05, 0) is 36.2 Å². The largest absolute Gasteiger partial charge is 0.508 e. The highest BCUT2D eigenvalue weighted by atomic mass is 127. The van der Waals surface area contributed by atoms with Crippen molar-refractivity contribution in [2.75, 3.05) is 13.1 Å². The lowest BCUT2D eigenvalue weighted by Gasteiger charge is -2.41. The third-order valence-electron chi connectivity index (χ3n) is 4.64. The van der Waals surface area contributed by atoms with Crippen LogP contribution in [0.5, 0.6) is 5.75 Å². The van der Waals surface area contributed by atoms with Crippen LogP contribution >= 0.6 is 22.6 Å². The summed E-state index contributed by atoms with van der Waals surface area (Å²) in [5.74, 6) is 0.395. The molecule has 0 heterocycles. The Morgan fingerprint density at radius 3 is 2.61 bits per heavy atom. The molecule has 2 atom stereocenters. The van der Waals surface area contributed by atoms with Crippen molar-refractivity contribution in [3.63, 3.8) is 0 Å². The Kier molecular flexibility index (Phi) is 4.73. The van der Waals surface area contributed by atoms with Gasteiger partial charge in [-0.3, -0.25) is 4.79 Å². The zero-order chi connectivity index (χ0) is 16.4. The molecule has 1 aliphatic carbocycles. The van der Waals surface area contributed by atoms with Crippen LogP contribution in [-0.2, 0) is 11.8 Å². The molecule has 2 N–H and O–H groups in total. The number of ketones is 1. The summed E-state index contributed by atoms with van der Waals surface area (Å²) in [5.41, 5.74) is 2.32. The number of aromatic hydroxyl groups is 1. The molecule has 2 unspecified atom stereocenters. The van der Waals surface area contributed by atoms with Gasteiger partial charge in [0.1, 0.15) is 5.75 Å². The summed E-state index contributed by atoms with van der Waals surface area (Å²) in [5, 5.41) is 13.0. The van der Waals surface area contributed by atoms with Gasteiger partial charge < -0.3 is 10.4 Å². The molecule has 0 aliphatic heterocycles. The van der Waals surface area contributed by atoms with E-state index in [-0.39, 0.29) is 15.5 Å². The van der Waals surface area contributed by atoms with Gasteiger partial charge in [-0.1, -0.05) is 65.9 Å². The zero-order valence-electron chi connectivity index (χ0n) is 13.1. The van der Waals surface area contributed by atoms with E-state index in [1.807, 2.05) is 43.3 Å². The number of rotatable bonds is 4. The lowest BCUT2D eigenvalue weighted by atomic mass is 9.66. The van der Waals surface area contributed by atoms with Crippen LogP contribution in [0.4, 0.5) is 0 Å². The normalized spacial score (nSPS) is 23.6. The second-order valence-electron chi connectivity index (χ2n) is 5.96. The first-order chi connectivity index (χ1) is 11.1. The average Bonchev–Trinajstić information content (AvgIpc) is 2.56. The molecule has 120 valence electrons. The zero-order valence-corrected chi connectivity index (χ0v) is 15.2. The van der Waals surface area contributed by atoms with Crippen molar-refractivity contribution < 1.29 is 9.90 Å². The number of fused-ring (bicyclic) bond motifs is 1. The summed E-state index contributed by atoms with van der Waals surface area (Å²) < 4.78 is 0.158. The lowest BCUT2D eigenvalue weighted by molar-refractivity contribution is 0.0869. The summed E-state index contributed by atoms with van der Waals surface area (Å²) in [6.07, 6.45) is 0.870. The van der Waals surface area contributed by atoms with Gasteiger partial charge in [-0.2, -0.15) is 0 Å². The van der Waals surface area contributed by atoms with E-state index in [4.69, 9.17) is 0 Å². The first kappa shape index (κ1) is 16.5. The second-order valence-corrected chi connectivity index (χ2v) is 7.46. The summed E-state index contributed by atoms with van der Waals surface area (Å²) >= 11 is 2.41. The Morgan fingerprint density at radius 1 is 1.22 bits per heavy atom. The minimum absolute atomic E-state index is 0.158. The smallest absolute Gasteiger partial charge is 0.176 e. The molecular formula is C19H20INO2. The van der Waals surface area contributed by atoms with E-state index >= 15 is 0 Å². The number of benzene rings is 2. The Balaban J connectivity index is 2.15. The molecule has 2 aromatic carbocycles. The van der Waals surface area contributed by atoms with E-state index in [1.54, 1.807) is 12.1 Å². The molecule has 2 aromatic rings. The second kappa shape index (κ2) is 6.61. The maximum absolute atomic E-state index is 13.4. The standard InChI is InChI=1S/C19H20INO2/c1-2-21-12-19(14-7-9-15(22)10-8-14)17(20)11-13-5-3-4-6-16(13)18(19)23/h3-10,17,21-22H,2,11-12H2,1H3. The highest BCUT2D eigenvalue weighted by molar-refractivity contribution is 14.1. The number of halogens is 1. The molecule has 23 heavy (non-hydrogen) atoms. The number of hydrogen-bond acceptors (Lipinski definition) is 3. The lowest BCUT2D eigenvalue weighted by Crippen LogP contribution is -2.54. The predicted molar refractivity (Wildman–Crippen MR) is 101 cm³/mol. The van der Waals surface area contributed by atoms with E-state index in [9.17, 15) is 9.90 Å². The van der Waals surface area contributed by atoms with Gasteiger partial charge in [0, 0.05) is 16.0 Å². The van der Waals surface area contributed by atoms with E-state index in [0.717, 1.165) is 29.7 Å². The summed E-state index contributed by atoms with van der Waals surface area (Å²) in [6.45, 7) is 3.47. The molecule has 0 aromatic heterocycles. The third kappa shape index (κ3) is 2.78. The minimum Gasteiger partial charge on any atom is -0.508 e. The van der Waals surface area contributed by atoms with E-state index < -0.39 is 5.41 Å². The molecule has 0 bridgehead atoms. The van der Waals surface area contributed by atoms with Crippen molar-refractivity contribution in [3.8, 4) is 5.75 Å². The highest BCUT2D eigenvalue weighted by Gasteiger charge is 2.49. The summed E-state index contributed by atoms with van der Waals surface area (Å²) in [6, 6.07) is 15.0. The number of carbonyl (C=O) groups excluding carboxylic acids is 1. The van der Waals surface area contributed by atoms with Crippen LogP contribution < -0.4 is 5.32 Å².